The van der Waals surface area contributed by atoms with E-state index in [1.54, 1.807) is 19.1 Å². The fourth-order valence-electron chi connectivity index (χ4n) is 4.09. The number of carbonyl (C=O) groups excluding carboxylic acids is 2. The van der Waals surface area contributed by atoms with E-state index in [1.807, 2.05) is 0 Å². The fourth-order valence-corrected chi connectivity index (χ4v) is 4.09. The predicted octanol–water partition coefficient (Wildman–Crippen LogP) is 1.59. The molecule has 1 atom stereocenters. The zero-order chi connectivity index (χ0) is 18.6. The van der Waals surface area contributed by atoms with E-state index in [2.05, 4.69) is 5.32 Å². The average molecular weight is 354 g/mol. The van der Waals surface area contributed by atoms with Gasteiger partial charge in [0, 0.05) is 24.0 Å². The Morgan fingerprint density at radius 1 is 1.08 bits per heavy atom. The van der Waals surface area contributed by atoms with Crippen molar-refractivity contribution in [2.45, 2.75) is 25.8 Å². The predicted molar refractivity (Wildman–Crippen MR) is 93.1 cm³/mol. The Morgan fingerprint density at radius 2 is 1.81 bits per heavy atom. The zero-order valence-corrected chi connectivity index (χ0v) is 14.6. The normalized spacial score (nSPS) is 18.6. The van der Waals surface area contributed by atoms with Crippen molar-refractivity contribution >= 4 is 11.6 Å². The van der Waals surface area contributed by atoms with Crippen molar-refractivity contribution in [2.24, 2.45) is 0 Å². The van der Waals surface area contributed by atoms with Crippen molar-refractivity contribution < 1.29 is 29.9 Å². The number of aryl methyl sites for hydroxylation is 1. The van der Waals surface area contributed by atoms with Gasteiger partial charge < -0.3 is 20.3 Å². The van der Waals surface area contributed by atoms with Crippen molar-refractivity contribution in [3.8, 4) is 17.2 Å². The third-order valence-electron chi connectivity index (χ3n) is 5.27. The van der Waals surface area contributed by atoms with E-state index in [0.29, 0.717) is 16.9 Å². The molecule has 1 aliphatic heterocycles. The zero-order valence-electron chi connectivity index (χ0n) is 14.6. The fraction of sp³-hybridized carbons (Fsp3) is 0.300. The molecule has 1 fully saturated rings. The first kappa shape index (κ1) is 16.6. The minimum absolute atomic E-state index is 0.0221. The maximum atomic E-state index is 13.0. The molecule has 0 amide bonds. The lowest BCUT2D eigenvalue weighted by molar-refractivity contribution is -0.676. The van der Waals surface area contributed by atoms with E-state index < -0.39 is 11.6 Å². The number of ketones is 2. The minimum Gasteiger partial charge on any atom is -0.507 e. The number of nitrogens with two attached hydrogens (primary N) is 1. The van der Waals surface area contributed by atoms with Crippen LogP contribution in [0.2, 0.25) is 0 Å². The van der Waals surface area contributed by atoms with Crippen molar-refractivity contribution in [3.63, 3.8) is 0 Å². The Bertz CT molecular complexity index is 957. The van der Waals surface area contributed by atoms with Crippen LogP contribution in [-0.2, 0) is 0 Å². The molecule has 0 spiro atoms. The Kier molecular flexibility index (Phi) is 3.73. The SMILES string of the molecule is COc1cc2c(c(O)c1C1CCC[NH2+]1)C(=O)c1c(O)cc(C)cc1C2=O. The van der Waals surface area contributed by atoms with Gasteiger partial charge in [-0.3, -0.25) is 9.59 Å². The molecule has 1 heterocycles. The lowest BCUT2D eigenvalue weighted by atomic mass is 9.80. The summed E-state index contributed by atoms with van der Waals surface area (Å²) in [5.41, 5.74) is 1.40. The van der Waals surface area contributed by atoms with Crippen LogP contribution in [0.3, 0.4) is 0 Å². The molecule has 1 saturated heterocycles. The van der Waals surface area contributed by atoms with Gasteiger partial charge in [-0.25, -0.2) is 0 Å². The Balaban J connectivity index is 1.99. The Hall–Kier alpha value is -2.86. The second-order valence-electron chi connectivity index (χ2n) is 6.90. The standard InChI is InChI=1S/C20H19NO5/c1-9-6-10-15(13(22)7-9)19(24)16-11(18(10)23)8-14(26-2)17(20(16)25)12-4-3-5-21-12/h6-8,12,21-22,25H,3-5H2,1-2H3/p+1. The number of aromatic hydroxyl groups is 2. The summed E-state index contributed by atoms with van der Waals surface area (Å²) in [6.45, 7) is 2.67. The van der Waals surface area contributed by atoms with Gasteiger partial charge in [-0.2, -0.15) is 0 Å². The number of hydrogen-bond donors (Lipinski definition) is 3. The molecule has 0 radical (unpaired) electrons. The highest BCUT2D eigenvalue weighted by Gasteiger charge is 2.39. The summed E-state index contributed by atoms with van der Waals surface area (Å²) in [6.07, 6.45) is 1.85. The van der Waals surface area contributed by atoms with Crippen LogP contribution in [0, 0.1) is 6.92 Å². The number of benzene rings is 2. The van der Waals surface area contributed by atoms with Gasteiger partial charge in [0.15, 0.2) is 5.78 Å². The maximum Gasteiger partial charge on any atom is 0.201 e. The van der Waals surface area contributed by atoms with Crippen LogP contribution in [-0.4, -0.2) is 35.4 Å². The highest BCUT2D eigenvalue weighted by atomic mass is 16.5. The molecule has 6 heteroatoms. The van der Waals surface area contributed by atoms with E-state index >= 15 is 0 Å². The van der Waals surface area contributed by atoms with Gasteiger partial charge in [0.1, 0.15) is 23.3 Å². The molecular weight excluding hydrogens is 334 g/mol. The minimum atomic E-state index is -0.536. The van der Waals surface area contributed by atoms with Crippen molar-refractivity contribution in [2.75, 3.05) is 13.7 Å². The molecule has 2 aromatic rings. The van der Waals surface area contributed by atoms with E-state index in [9.17, 15) is 19.8 Å². The number of quaternary nitrogens is 1. The second kappa shape index (κ2) is 5.85. The molecule has 0 bridgehead atoms. The van der Waals surface area contributed by atoms with Gasteiger partial charge in [-0.1, -0.05) is 0 Å². The van der Waals surface area contributed by atoms with Gasteiger partial charge in [0.2, 0.25) is 5.78 Å². The number of rotatable bonds is 2. The van der Waals surface area contributed by atoms with E-state index in [0.717, 1.165) is 19.4 Å². The quantitative estimate of drug-likeness (QED) is 0.649. The first-order valence-corrected chi connectivity index (χ1v) is 8.64. The van der Waals surface area contributed by atoms with Crippen molar-refractivity contribution in [3.05, 3.63) is 51.6 Å². The summed E-state index contributed by atoms with van der Waals surface area (Å²) in [6, 6.07) is 4.55. The van der Waals surface area contributed by atoms with Crippen molar-refractivity contribution in [1.82, 2.24) is 0 Å². The Labute approximate surface area is 150 Å². The van der Waals surface area contributed by atoms with Gasteiger partial charge in [0.25, 0.3) is 0 Å². The first-order chi connectivity index (χ1) is 12.4. The summed E-state index contributed by atoms with van der Waals surface area (Å²) in [4.78, 5) is 26.0. The van der Waals surface area contributed by atoms with Crippen LogP contribution in [0.15, 0.2) is 18.2 Å². The number of phenolic OH excluding ortho intramolecular Hbond substituents is 2. The number of ether oxygens (including phenoxy) is 1. The molecule has 0 saturated carbocycles. The summed E-state index contributed by atoms with van der Waals surface area (Å²) in [7, 11) is 1.48. The number of fused-ring (bicyclic) bond motifs is 2. The number of methoxy groups -OCH3 is 1. The number of carbonyl (C=O) groups is 2. The second-order valence-corrected chi connectivity index (χ2v) is 6.90. The molecule has 2 aromatic carbocycles. The summed E-state index contributed by atoms with van der Waals surface area (Å²) >= 11 is 0. The van der Waals surface area contributed by atoms with Crippen LogP contribution >= 0.6 is 0 Å². The lowest BCUT2D eigenvalue weighted by Gasteiger charge is -2.23. The highest BCUT2D eigenvalue weighted by Crippen LogP contribution is 2.44. The molecule has 4 N–H and O–H groups in total. The number of hydrogen-bond acceptors (Lipinski definition) is 5. The van der Waals surface area contributed by atoms with Gasteiger partial charge in [0.05, 0.1) is 30.3 Å². The third kappa shape index (κ3) is 2.22. The molecule has 1 unspecified atom stereocenters. The Morgan fingerprint density at radius 3 is 2.46 bits per heavy atom. The van der Waals surface area contributed by atoms with Crippen LogP contribution in [0.4, 0.5) is 0 Å². The molecule has 2 aliphatic rings. The smallest absolute Gasteiger partial charge is 0.201 e. The van der Waals surface area contributed by atoms with Crippen molar-refractivity contribution in [1.29, 1.82) is 0 Å². The molecule has 6 nitrogen and oxygen atoms in total. The van der Waals surface area contributed by atoms with E-state index in [1.165, 1.54) is 13.2 Å². The van der Waals surface area contributed by atoms with Gasteiger partial charge >= 0.3 is 0 Å². The van der Waals surface area contributed by atoms with Crippen LogP contribution in [0.1, 0.15) is 61.9 Å². The summed E-state index contributed by atoms with van der Waals surface area (Å²) < 4.78 is 5.43. The largest absolute Gasteiger partial charge is 0.507 e. The van der Waals surface area contributed by atoms with Gasteiger partial charge in [-0.05, 0) is 30.7 Å². The highest BCUT2D eigenvalue weighted by molar-refractivity contribution is 6.30. The molecule has 26 heavy (non-hydrogen) atoms. The van der Waals surface area contributed by atoms with Gasteiger partial charge in [-0.15, -0.1) is 0 Å². The molecule has 0 aromatic heterocycles. The molecule has 4 rings (SSSR count). The summed E-state index contributed by atoms with van der Waals surface area (Å²) in [5, 5.41) is 23.2. The molecular formula is C20H20NO5+. The lowest BCUT2D eigenvalue weighted by Crippen LogP contribution is -2.81. The van der Waals surface area contributed by atoms with E-state index in [-0.39, 0.29) is 39.8 Å². The monoisotopic (exact) mass is 354 g/mol. The summed E-state index contributed by atoms with van der Waals surface area (Å²) in [5.74, 6) is -0.985. The molecule has 1 aliphatic carbocycles. The van der Waals surface area contributed by atoms with E-state index in [4.69, 9.17) is 4.74 Å². The van der Waals surface area contributed by atoms with Crippen LogP contribution in [0.5, 0.6) is 17.2 Å². The average Bonchev–Trinajstić information content (AvgIpc) is 3.12. The third-order valence-corrected chi connectivity index (χ3v) is 5.27. The first-order valence-electron chi connectivity index (χ1n) is 8.64. The topological polar surface area (TPSA) is 100 Å². The van der Waals surface area contributed by atoms with Crippen LogP contribution < -0.4 is 10.1 Å². The molecule has 134 valence electrons. The maximum absolute atomic E-state index is 13.0. The number of phenols is 2. The van der Waals surface area contributed by atoms with Crippen LogP contribution in [0.25, 0.3) is 0 Å².